The van der Waals surface area contributed by atoms with Crippen molar-refractivity contribution < 1.29 is 14.1 Å². The van der Waals surface area contributed by atoms with Crippen LogP contribution < -0.4 is 5.32 Å². The third-order valence-corrected chi connectivity index (χ3v) is 3.65. The summed E-state index contributed by atoms with van der Waals surface area (Å²) in [6.45, 7) is 0.538. The topological polar surface area (TPSA) is 91.6 Å². The van der Waals surface area contributed by atoms with Crippen LogP contribution in [0.4, 0.5) is 4.79 Å². The van der Waals surface area contributed by atoms with E-state index in [2.05, 4.69) is 15.5 Å². The lowest BCUT2D eigenvalue weighted by molar-refractivity contribution is -0.132. The van der Waals surface area contributed by atoms with Gasteiger partial charge in [-0.2, -0.15) is 4.98 Å². The Morgan fingerprint density at radius 2 is 2.17 bits per heavy atom. The van der Waals surface area contributed by atoms with Gasteiger partial charge in [0, 0.05) is 19.7 Å². The van der Waals surface area contributed by atoms with Gasteiger partial charge in [-0.1, -0.05) is 35.5 Å². The Bertz CT molecular complexity index is 715. The lowest BCUT2D eigenvalue weighted by Crippen LogP contribution is -2.43. The largest absolute Gasteiger partial charge is 0.337 e. The number of urea groups is 1. The molecule has 8 heteroatoms. The van der Waals surface area contributed by atoms with E-state index in [1.165, 1.54) is 9.80 Å². The van der Waals surface area contributed by atoms with Crippen molar-refractivity contribution in [3.05, 3.63) is 36.2 Å². The second kappa shape index (κ2) is 6.07. The van der Waals surface area contributed by atoms with Gasteiger partial charge in [-0.25, -0.2) is 4.79 Å². The number of benzene rings is 1. The van der Waals surface area contributed by atoms with Crippen molar-refractivity contribution in [2.24, 2.45) is 0 Å². The van der Waals surface area contributed by atoms with Crippen molar-refractivity contribution in [3.63, 3.8) is 0 Å². The van der Waals surface area contributed by atoms with Gasteiger partial charge in [0.05, 0.1) is 13.1 Å². The molecule has 0 saturated carbocycles. The molecule has 1 aliphatic rings. The zero-order chi connectivity index (χ0) is 16.4. The Kier molecular flexibility index (Phi) is 3.96. The minimum absolute atomic E-state index is 0.189. The van der Waals surface area contributed by atoms with Gasteiger partial charge >= 0.3 is 6.03 Å². The number of carbonyl (C=O) groups excluding carboxylic acids is 2. The van der Waals surface area contributed by atoms with Crippen molar-refractivity contribution in [2.75, 3.05) is 20.6 Å². The number of hydrogen-bond donors (Lipinski definition) is 1. The number of aromatic nitrogens is 2. The van der Waals surface area contributed by atoms with Crippen LogP contribution in [-0.4, -0.2) is 58.6 Å². The summed E-state index contributed by atoms with van der Waals surface area (Å²) >= 11 is 0. The first kappa shape index (κ1) is 15.0. The maximum Gasteiger partial charge on any atom is 0.317 e. The second-order valence-corrected chi connectivity index (χ2v) is 5.45. The molecule has 1 fully saturated rings. The zero-order valence-corrected chi connectivity index (χ0v) is 12.9. The Hall–Kier alpha value is -2.90. The molecule has 1 atom stereocenters. The van der Waals surface area contributed by atoms with Gasteiger partial charge in [0.2, 0.25) is 17.6 Å². The van der Waals surface area contributed by atoms with E-state index in [4.69, 9.17) is 4.52 Å². The minimum Gasteiger partial charge on any atom is -0.337 e. The number of rotatable bonds is 4. The average molecular weight is 315 g/mol. The zero-order valence-electron chi connectivity index (χ0n) is 12.9. The van der Waals surface area contributed by atoms with Crippen molar-refractivity contribution in [1.82, 2.24) is 25.3 Å². The molecule has 2 aromatic rings. The summed E-state index contributed by atoms with van der Waals surface area (Å²) in [6, 6.07) is 8.65. The van der Waals surface area contributed by atoms with E-state index in [0.717, 1.165) is 5.56 Å². The summed E-state index contributed by atoms with van der Waals surface area (Å²) in [6.07, 6.45) is 0. The van der Waals surface area contributed by atoms with E-state index in [1.54, 1.807) is 14.1 Å². The number of carbonyl (C=O) groups is 2. The Balaban J connectivity index is 1.64. The van der Waals surface area contributed by atoms with E-state index in [-0.39, 0.29) is 18.5 Å². The first-order valence-corrected chi connectivity index (χ1v) is 7.19. The van der Waals surface area contributed by atoms with Crippen LogP contribution >= 0.6 is 0 Å². The van der Waals surface area contributed by atoms with Gasteiger partial charge < -0.3 is 19.6 Å². The fourth-order valence-electron chi connectivity index (χ4n) is 2.37. The van der Waals surface area contributed by atoms with Crippen molar-refractivity contribution >= 4 is 11.9 Å². The Morgan fingerprint density at radius 1 is 1.43 bits per heavy atom. The SMILES string of the molecule is CN1CC(C(=O)N(C)Cc2nc(-c3ccccc3)no2)NC1=O. The smallest absolute Gasteiger partial charge is 0.317 e. The van der Waals surface area contributed by atoms with Crippen LogP contribution in [0.15, 0.2) is 34.9 Å². The maximum atomic E-state index is 12.3. The molecule has 23 heavy (non-hydrogen) atoms. The van der Waals surface area contributed by atoms with E-state index in [0.29, 0.717) is 18.3 Å². The number of nitrogens with one attached hydrogen (secondary N) is 1. The highest BCUT2D eigenvalue weighted by molar-refractivity contribution is 5.90. The van der Waals surface area contributed by atoms with Crippen LogP contribution in [0.2, 0.25) is 0 Å². The summed E-state index contributed by atoms with van der Waals surface area (Å²) in [5, 5.41) is 6.55. The lowest BCUT2D eigenvalue weighted by Gasteiger charge is -2.18. The first-order chi connectivity index (χ1) is 11.0. The number of likely N-dealkylation sites (N-methyl/N-ethyl adjacent to an activating group) is 2. The molecular formula is C15H17N5O3. The molecule has 1 unspecified atom stereocenters. The predicted molar refractivity (Wildman–Crippen MR) is 81.2 cm³/mol. The highest BCUT2D eigenvalue weighted by Gasteiger charge is 2.33. The molecule has 1 aromatic carbocycles. The van der Waals surface area contributed by atoms with Crippen molar-refractivity contribution in [3.8, 4) is 11.4 Å². The van der Waals surface area contributed by atoms with E-state index >= 15 is 0 Å². The fourth-order valence-corrected chi connectivity index (χ4v) is 2.37. The van der Waals surface area contributed by atoms with Crippen LogP contribution in [0.25, 0.3) is 11.4 Å². The highest BCUT2D eigenvalue weighted by atomic mass is 16.5. The van der Waals surface area contributed by atoms with Crippen molar-refractivity contribution in [2.45, 2.75) is 12.6 Å². The molecular weight excluding hydrogens is 298 g/mol. The molecule has 2 heterocycles. The van der Waals surface area contributed by atoms with Gasteiger partial charge in [-0.3, -0.25) is 4.79 Å². The van der Waals surface area contributed by atoms with Crippen LogP contribution in [0.1, 0.15) is 5.89 Å². The maximum absolute atomic E-state index is 12.3. The second-order valence-electron chi connectivity index (χ2n) is 5.45. The molecule has 120 valence electrons. The number of amides is 3. The van der Waals surface area contributed by atoms with Crippen LogP contribution in [0, 0.1) is 0 Å². The summed E-state index contributed by atoms with van der Waals surface area (Å²) in [5.41, 5.74) is 0.848. The van der Waals surface area contributed by atoms with E-state index < -0.39 is 6.04 Å². The Labute approximate surface area is 133 Å². The molecule has 1 saturated heterocycles. The fraction of sp³-hybridized carbons (Fsp3) is 0.333. The van der Waals surface area contributed by atoms with Gasteiger partial charge in [0.25, 0.3) is 0 Å². The summed E-state index contributed by atoms with van der Waals surface area (Å²) < 4.78 is 5.19. The number of nitrogens with zero attached hydrogens (tertiary/aromatic N) is 4. The van der Waals surface area contributed by atoms with Crippen molar-refractivity contribution in [1.29, 1.82) is 0 Å². The normalized spacial score (nSPS) is 17.2. The minimum atomic E-state index is -0.547. The molecule has 0 spiro atoms. The molecule has 3 rings (SSSR count). The van der Waals surface area contributed by atoms with Gasteiger partial charge in [0.1, 0.15) is 6.04 Å². The van der Waals surface area contributed by atoms with Gasteiger partial charge in [-0.15, -0.1) is 0 Å². The summed E-state index contributed by atoms with van der Waals surface area (Å²) in [7, 11) is 3.28. The molecule has 1 N–H and O–H groups in total. The Morgan fingerprint density at radius 3 is 2.83 bits per heavy atom. The molecule has 1 aliphatic heterocycles. The van der Waals surface area contributed by atoms with Crippen LogP contribution in [0.5, 0.6) is 0 Å². The third-order valence-electron chi connectivity index (χ3n) is 3.65. The lowest BCUT2D eigenvalue weighted by atomic mass is 10.2. The van der Waals surface area contributed by atoms with Gasteiger partial charge in [-0.05, 0) is 0 Å². The van der Waals surface area contributed by atoms with Crippen LogP contribution in [-0.2, 0) is 11.3 Å². The molecule has 1 aromatic heterocycles. The quantitative estimate of drug-likeness (QED) is 0.897. The number of hydrogen-bond acceptors (Lipinski definition) is 5. The molecule has 3 amide bonds. The first-order valence-electron chi connectivity index (χ1n) is 7.19. The van der Waals surface area contributed by atoms with Gasteiger partial charge in [0.15, 0.2) is 0 Å². The van der Waals surface area contributed by atoms with E-state index in [1.807, 2.05) is 30.3 Å². The third kappa shape index (κ3) is 3.15. The molecule has 0 aliphatic carbocycles. The standard InChI is InChI=1S/C15H17N5O3/c1-19(14(21)11-8-20(2)15(22)16-11)9-12-17-13(18-23-12)10-6-4-3-5-7-10/h3-7,11H,8-9H2,1-2H3,(H,16,22). The molecule has 8 nitrogen and oxygen atoms in total. The molecule has 0 bridgehead atoms. The molecule has 0 radical (unpaired) electrons. The highest BCUT2D eigenvalue weighted by Crippen LogP contribution is 2.15. The summed E-state index contributed by atoms with van der Waals surface area (Å²) in [5.74, 6) is 0.634. The van der Waals surface area contributed by atoms with Crippen LogP contribution in [0.3, 0.4) is 0 Å². The average Bonchev–Trinajstić information content (AvgIpc) is 3.15. The van der Waals surface area contributed by atoms with E-state index in [9.17, 15) is 9.59 Å². The monoisotopic (exact) mass is 315 g/mol. The summed E-state index contributed by atoms with van der Waals surface area (Å²) in [4.78, 5) is 31.0. The predicted octanol–water partition coefficient (Wildman–Crippen LogP) is 0.719.